The maximum Gasteiger partial charge on any atom is 0.261 e. The number of carbonyl (C=O) groups is 1. The van der Waals surface area contributed by atoms with Crippen molar-refractivity contribution in [1.82, 2.24) is 15.2 Å². The topological polar surface area (TPSA) is 54.5 Å². The largest absolute Gasteiger partial charge is 0.369 e. The van der Waals surface area contributed by atoms with E-state index >= 15 is 0 Å². The lowest BCUT2D eigenvalue weighted by atomic mass is 9.85. The number of amides is 1. The molecular weight excluding hydrogens is 358 g/mol. The van der Waals surface area contributed by atoms with E-state index in [1.54, 1.807) is 23.7 Å². The Kier molecular flexibility index (Phi) is 5.57. The minimum atomic E-state index is -0.174. The third-order valence-corrected chi connectivity index (χ3v) is 6.96. The highest BCUT2D eigenvalue weighted by molar-refractivity contribution is 7.14. The van der Waals surface area contributed by atoms with Gasteiger partial charge in [0.15, 0.2) is 0 Å². The first-order chi connectivity index (χ1) is 13.2. The van der Waals surface area contributed by atoms with Crippen molar-refractivity contribution >= 4 is 17.2 Å². The maximum atomic E-state index is 12.7. The van der Waals surface area contributed by atoms with Gasteiger partial charge in [0.25, 0.3) is 5.91 Å². The second kappa shape index (κ2) is 8.09. The van der Waals surface area contributed by atoms with E-state index in [4.69, 9.17) is 4.74 Å². The summed E-state index contributed by atoms with van der Waals surface area (Å²) in [6, 6.07) is 5.93. The Bertz CT molecular complexity index is 782. The highest BCUT2D eigenvalue weighted by Crippen LogP contribution is 2.45. The number of rotatable bonds is 5. The molecule has 6 heteroatoms. The van der Waals surface area contributed by atoms with Crippen LogP contribution in [0.3, 0.4) is 0 Å². The fraction of sp³-hybridized carbons (Fsp3) is 0.524. The second-order valence-corrected chi connectivity index (χ2v) is 8.49. The number of carbonyl (C=O) groups excluding carboxylic acids is 1. The average molecular weight is 386 g/mol. The summed E-state index contributed by atoms with van der Waals surface area (Å²) < 4.78 is 6.33. The zero-order valence-corrected chi connectivity index (χ0v) is 16.7. The Hall–Kier alpha value is -1.76. The summed E-state index contributed by atoms with van der Waals surface area (Å²) in [5, 5.41) is 3.03. The standard InChI is InChI=1S/C21H27N3O2S/c1-2-10-24-11-6-21(7-12-24)19-17(5-13-26-21)14-18(27-19)20(25)23-15-16-3-8-22-9-4-16/h3-4,8-9,14H,2,5-7,10-13,15H2,1H3,(H,23,25). The number of pyridine rings is 1. The Morgan fingerprint density at radius 2 is 2.11 bits per heavy atom. The highest BCUT2D eigenvalue weighted by Gasteiger charge is 2.42. The smallest absolute Gasteiger partial charge is 0.261 e. The van der Waals surface area contributed by atoms with Crippen molar-refractivity contribution in [1.29, 1.82) is 0 Å². The van der Waals surface area contributed by atoms with Crippen LogP contribution in [0.25, 0.3) is 0 Å². The maximum absolute atomic E-state index is 12.7. The normalized spacial score (nSPS) is 19.0. The number of ether oxygens (including phenoxy) is 1. The molecule has 0 radical (unpaired) electrons. The summed E-state index contributed by atoms with van der Waals surface area (Å²) in [5.41, 5.74) is 2.19. The molecule has 1 amide bonds. The van der Waals surface area contributed by atoms with Crippen LogP contribution >= 0.6 is 11.3 Å². The first kappa shape index (κ1) is 18.6. The van der Waals surface area contributed by atoms with E-state index in [-0.39, 0.29) is 11.5 Å². The van der Waals surface area contributed by atoms with Crippen LogP contribution in [-0.4, -0.2) is 42.0 Å². The van der Waals surface area contributed by atoms with E-state index in [9.17, 15) is 4.79 Å². The summed E-state index contributed by atoms with van der Waals surface area (Å²) in [6.45, 7) is 6.84. The van der Waals surface area contributed by atoms with Crippen molar-refractivity contribution in [2.75, 3.05) is 26.2 Å². The third-order valence-electron chi connectivity index (χ3n) is 5.60. The van der Waals surface area contributed by atoms with Gasteiger partial charge in [0.05, 0.1) is 11.5 Å². The minimum Gasteiger partial charge on any atom is -0.369 e. The number of piperidine rings is 1. The van der Waals surface area contributed by atoms with Crippen molar-refractivity contribution in [2.45, 2.75) is 44.8 Å². The first-order valence-electron chi connectivity index (χ1n) is 9.87. The molecule has 5 nitrogen and oxygen atoms in total. The number of nitrogens with one attached hydrogen (secondary N) is 1. The van der Waals surface area contributed by atoms with Gasteiger partial charge >= 0.3 is 0 Å². The van der Waals surface area contributed by atoms with Crippen molar-refractivity contribution in [3.05, 3.63) is 51.5 Å². The first-order valence-corrected chi connectivity index (χ1v) is 10.7. The summed E-state index contributed by atoms with van der Waals surface area (Å²) in [6.07, 6.45) is 7.65. The van der Waals surface area contributed by atoms with Gasteiger partial charge in [-0.05, 0) is 61.6 Å². The van der Waals surface area contributed by atoms with Crippen molar-refractivity contribution < 1.29 is 9.53 Å². The molecule has 0 atom stereocenters. The quantitative estimate of drug-likeness (QED) is 0.858. The molecule has 2 aliphatic heterocycles. The van der Waals surface area contributed by atoms with Crippen LogP contribution in [0.1, 0.15) is 51.9 Å². The Balaban J connectivity index is 1.47. The molecule has 4 heterocycles. The molecule has 1 saturated heterocycles. The van der Waals surface area contributed by atoms with Crippen molar-refractivity contribution in [3.8, 4) is 0 Å². The Labute approximate surface area is 164 Å². The molecule has 2 aliphatic rings. The molecule has 0 aliphatic carbocycles. The number of aromatic nitrogens is 1. The molecule has 0 saturated carbocycles. The van der Waals surface area contributed by atoms with E-state index in [1.165, 1.54) is 16.9 Å². The summed E-state index contributed by atoms with van der Waals surface area (Å²) >= 11 is 1.63. The summed E-state index contributed by atoms with van der Waals surface area (Å²) in [4.78, 5) is 21.3. The predicted octanol–water partition coefficient (Wildman–Crippen LogP) is 3.35. The molecule has 1 fully saturated rings. The molecule has 2 aromatic heterocycles. The number of fused-ring (bicyclic) bond motifs is 2. The van der Waals surface area contributed by atoms with Gasteiger partial charge in [-0.2, -0.15) is 0 Å². The van der Waals surface area contributed by atoms with Crippen LogP contribution in [0.2, 0.25) is 0 Å². The Morgan fingerprint density at radius 1 is 1.33 bits per heavy atom. The van der Waals surface area contributed by atoms with Crippen LogP contribution < -0.4 is 5.32 Å². The average Bonchev–Trinajstić information content (AvgIpc) is 3.15. The molecule has 1 spiro atoms. The zero-order chi connectivity index (χ0) is 18.7. The highest BCUT2D eigenvalue weighted by atomic mass is 32.1. The van der Waals surface area contributed by atoms with Crippen LogP contribution in [-0.2, 0) is 23.3 Å². The lowest BCUT2D eigenvalue weighted by Gasteiger charge is -2.43. The number of nitrogens with zero attached hydrogens (tertiary/aromatic N) is 2. The molecule has 1 N–H and O–H groups in total. The van der Waals surface area contributed by atoms with E-state index in [0.29, 0.717) is 6.54 Å². The molecule has 4 rings (SSSR count). The fourth-order valence-corrected chi connectivity index (χ4v) is 5.46. The molecule has 144 valence electrons. The summed E-state index contributed by atoms with van der Waals surface area (Å²) in [7, 11) is 0. The van der Waals surface area contributed by atoms with E-state index in [2.05, 4.69) is 28.2 Å². The molecule has 0 unspecified atom stereocenters. The minimum absolute atomic E-state index is 0.00443. The van der Waals surface area contributed by atoms with Gasteiger partial charge in [-0.15, -0.1) is 11.3 Å². The molecule has 2 aromatic rings. The number of likely N-dealkylation sites (tertiary alicyclic amines) is 1. The zero-order valence-electron chi connectivity index (χ0n) is 15.9. The van der Waals surface area contributed by atoms with E-state index in [1.807, 2.05) is 12.1 Å². The number of hydrogen-bond acceptors (Lipinski definition) is 5. The lowest BCUT2D eigenvalue weighted by molar-refractivity contribution is -0.0949. The van der Waals surface area contributed by atoms with Gasteiger partial charge < -0.3 is 15.0 Å². The van der Waals surface area contributed by atoms with Crippen LogP contribution in [0, 0.1) is 0 Å². The van der Waals surface area contributed by atoms with Gasteiger partial charge in [-0.25, -0.2) is 0 Å². The van der Waals surface area contributed by atoms with E-state index in [0.717, 1.165) is 55.9 Å². The van der Waals surface area contributed by atoms with Crippen molar-refractivity contribution in [3.63, 3.8) is 0 Å². The van der Waals surface area contributed by atoms with Crippen LogP contribution in [0.15, 0.2) is 30.6 Å². The molecular formula is C21H27N3O2S. The fourth-order valence-electron chi connectivity index (χ4n) is 4.13. The molecule has 27 heavy (non-hydrogen) atoms. The number of thiophene rings is 1. The predicted molar refractivity (Wildman–Crippen MR) is 107 cm³/mol. The third kappa shape index (κ3) is 3.93. The van der Waals surface area contributed by atoms with Gasteiger partial charge in [-0.3, -0.25) is 9.78 Å². The van der Waals surface area contributed by atoms with Gasteiger partial charge in [0.2, 0.25) is 0 Å². The van der Waals surface area contributed by atoms with Gasteiger partial charge in [-0.1, -0.05) is 6.92 Å². The van der Waals surface area contributed by atoms with Crippen molar-refractivity contribution in [2.24, 2.45) is 0 Å². The number of hydrogen-bond donors (Lipinski definition) is 1. The monoisotopic (exact) mass is 385 g/mol. The van der Waals surface area contributed by atoms with Crippen LogP contribution in [0.4, 0.5) is 0 Å². The SMILES string of the molecule is CCCN1CCC2(CC1)OCCc1cc(C(=O)NCc3ccncc3)sc12. The van der Waals surface area contributed by atoms with Gasteiger partial charge in [0, 0.05) is 36.9 Å². The van der Waals surface area contributed by atoms with Crippen LogP contribution in [0.5, 0.6) is 0 Å². The lowest BCUT2D eigenvalue weighted by Crippen LogP contribution is -2.46. The van der Waals surface area contributed by atoms with Gasteiger partial charge in [0.1, 0.15) is 5.60 Å². The summed E-state index contributed by atoms with van der Waals surface area (Å²) in [5.74, 6) is 0.00443. The van der Waals surface area contributed by atoms with E-state index < -0.39 is 0 Å². The molecule has 0 aromatic carbocycles. The molecule has 0 bridgehead atoms. The second-order valence-electron chi connectivity index (χ2n) is 7.44. The Morgan fingerprint density at radius 3 is 2.85 bits per heavy atom.